The summed E-state index contributed by atoms with van der Waals surface area (Å²) in [6, 6.07) is -1.05. The molecule has 1 saturated heterocycles. The minimum absolute atomic E-state index is 0. The molecule has 21 heavy (non-hydrogen) atoms. The smallest absolute Gasteiger partial charge is 0.200 e. The van der Waals surface area contributed by atoms with Gasteiger partial charge in [-0.3, -0.25) is 4.90 Å². The molecule has 8 heteroatoms. The van der Waals surface area contributed by atoms with E-state index in [1.54, 1.807) is 4.90 Å². The Balaban J connectivity index is 0.00000220. The molecule has 2 nitrogen and oxygen atoms in total. The molecule has 0 bridgehead atoms. The largest absolute Gasteiger partial charge is 0.314 e. The van der Waals surface area contributed by atoms with Crippen LogP contribution in [-0.4, -0.2) is 31.1 Å². The highest BCUT2D eigenvalue weighted by atomic mass is 35.5. The van der Waals surface area contributed by atoms with Gasteiger partial charge in [0, 0.05) is 26.2 Å². The van der Waals surface area contributed by atoms with Gasteiger partial charge in [0.15, 0.2) is 23.3 Å². The molecule has 0 saturated carbocycles. The molecule has 0 spiro atoms. The predicted octanol–water partition coefficient (Wildman–Crippen LogP) is 2.94. The molecule has 1 heterocycles. The number of halogens is 6. The first-order valence-electron chi connectivity index (χ1n) is 6.07. The van der Waals surface area contributed by atoms with Crippen molar-refractivity contribution in [2.45, 2.75) is 6.04 Å². The maximum Gasteiger partial charge on any atom is 0.200 e. The maximum absolute atomic E-state index is 13.8. The third kappa shape index (κ3) is 3.20. The van der Waals surface area contributed by atoms with E-state index in [1.165, 1.54) is 6.08 Å². The van der Waals surface area contributed by atoms with Crippen LogP contribution in [0.15, 0.2) is 12.7 Å². The molecule has 1 aromatic rings. The van der Waals surface area contributed by atoms with Crippen LogP contribution < -0.4 is 5.32 Å². The highest BCUT2D eigenvalue weighted by Gasteiger charge is 2.32. The van der Waals surface area contributed by atoms with Crippen molar-refractivity contribution in [3.05, 3.63) is 47.3 Å². The number of hydrogen-bond donors (Lipinski definition) is 1. The second-order valence-corrected chi connectivity index (χ2v) is 4.45. The SMILES string of the molecule is C=C[C@@H](c1c(F)c(F)c(F)c(F)c1F)N1CCNCC1.Cl. The van der Waals surface area contributed by atoms with Gasteiger partial charge in [-0.2, -0.15) is 0 Å². The molecule has 0 aliphatic carbocycles. The summed E-state index contributed by atoms with van der Waals surface area (Å²) >= 11 is 0. The van der Waals surface area contributed by atoms with E-state index in [1.807, 2.05) is 0 Å². The summed E-state index contributed by atoms with van der Waals surface area (Å²) in [5, 5.41) is 3.03. The fourth-order valence-corrected chi connectivity index (χ4v) is 2.29. The lowest BCUT2D eigenvalue weighted by Crippen LogP contribution is -2.45. The van der Waals surface area contributed by atoms with E-state index in [0.29, 0.717) is 26.2 Å². The van der Waals surface area contributed by atoms with Crippen molar-refractivity contribution in [1.82, 2.24) is 10.2 Å². The van der Waals surface area contributed by atoms with Gasteiger partial charge in [0.2, 0.25) is 5.82 Å². The van der Waals surface area contributed by atoms with Gasteiger partial charge < -0.3 is 5.32 Å². The number of nitrogens with zero attached hydrogens (tertiary/aromatic N) is 1. The van der Waals surface area contributed by atoms with Crippen molar-refractivity contribution in [2.75, 3.05) is 26.2 Å². The second kappa shape index (κ2) is 7.20. The van der Waals surface area contributed by atoms with Crippen LogP contribution in [0.2, 0.25) is 0 Å². The highest BCUT2D eigenvalue weighted by Crippen LogP contribution is 2.31. The Labute approximate surface area is 125 Å². The van der Waals surface area contributed by atoms with Crippen LogP contribution in [0.4, 0.5) is 22.0 Å². The monoisotopic (exact) mass is 328 g/mol. The maximum atomic E-state index is 13.8. The molecular formula is C13H14ClF5N2. The lowest BCUT2D eigenvalue weighted by atomic mass is 10.0. The third-order valence-electron chi connectivity index (χ3n) is 3.31. The molecule has 0 amide bonds. The molecule has 1 aliphatic rings. The Morgan fingerprint density at radius 2 is 1.33 bits per heavy atom. The number of rotatable bonds is 3. The first kappa shape index (κ1) is 17.9. The average molecular weight is 329 g/mol. The molecule has 0 aromatic heterocycles. The molecule has 0 radical (unpaired) electrons. The molecule has 0 unspecified atom stereocenters. The zero-order chi connectivity index (χ0) is 14.9. The zero-order valence-corrected chi connectivity index (χ0v) is 11.8. The zero-order valence-electron chi connectivity index (χ0n) is 10.9. The van der Waals surface area contributed by atoms with Crippen molar-refractivity contribution in [3.8, 4) is 0 Å². The van der Waals surface area contributed by atoms with Crippen LogP contribution in [0.3, 0.4) is 0 Å². The second-order valence-electron chi connectivity index (χ2n) is 4.45. The number of nitrogens with one attached hydrogen (secondary N) is 1. The molecule has 1 atom stereocenters. The van der Waals surface area contributed by atoms with E-state index < -0.39 is 40.7 Å². The molecule has 1 N–H and O–H groups in total. The number of benzene rings is 1. The van der Waals surface area contributed by atoms with Crippen molar-refractivity contribution in [2.24, 2.45) is 0 Å². The van der Waals surface area contributed by atoms with Gasteiger partial charge in [0.1, 0.15) is 0 Å². The summed E-state index contributed by atoms with van der Waals surface area (Å²) in [5.41, 5.74) is -0.849. The Morgan fingerprint density at radius 1 is 0.905 bits per heavy atom. The van der Waals surface area contributed by atoms with Crippen LogP contribution in [0.5, 0.6) is 0 Å². The summed E-state index contributed by atoms with van der Waals surface area (Å²) < 4.78 is 67.1. The molecule has 1 fully saturated rings. The minimum Gasteiger partial charge on any atom is -0.314 e. The lowest BCUT2D eigenvalue weighted by molar-refractivity contribution is 0.193. The van der Waals surface area contributed by atoms with E-state index in [4.69, 9.17) is 0 Å². The summed E-state index contributed by atoms with van der Waals surface area (Å²) in [5.74, 6) is -9.61. The highest BCUT2D eigenvalue weighted by molar-refractivity contribution is 5.85. The van der Waals surface area contributed by atoms with Gasteiger partial charge >= 0.3 is 0 Å². The van der Waals surface area contributed by atoms with Crippen molar-refractivity contribution in [1.29, 1.82) is 0 Å². The Kier molecular flexibility index (Phi) is 6.12. The van der Waals surface area contributed by atoms with Gasteiger partial charge in [-0.05, 0) is 0 Å². The molecule has 2 rings (SSSR count). The fourth-order valence-electron chi connectivity index (χ4n) is 2.29. The average Bonchev–Trinajstić information content (AvgIpc) is 2.48. The molecule has 1 aromatic carbocycles. The van der Waals surface area contributed by atoms with E-state index in [2.05, 4.69) is 11.9 Å². The minimum atomic E-state index is -2.15. The van der Waals surface area contributed by atoms with Crippen LogP contribution in [0, 0.1) is 29.1 Å². The van der Waals surface area contributed by atoms with Gasteiger partial charge in [-0.25, -0.2) is 22.0 Å². The van der Waals surface area contributed by atoms with Gasteiger partial charge in [0.05, 0.1) is 11.6 Å². The third-order valence-corrected chi connectivity index (χ3v) is 3.31. The van der Waals surface area contributed by atoms with Crippen molar-refractivity contribution in [3.63, 3.8) is 0 Å². The quantitative estimate of drug-likeness (QED) is 0.397. The standard InChI is InChI=1S/C13H13F5N2.ClH/c1-2-7(20-5-3-19-4-6-20)8-9(14)11(16)13(18)12(17)10(8)15;/h2,7,19H,1,3-6H2;1H/t7-;/m0./s1. The predicted molar refractivity (Wildman–Crippen MR) is 70.9 cm³/mol. The number of piperazine rings is 1. The van der Waals surface area contributed by atoms with Gasteiger partial charge in [0.25, 0.3) is 0 Å². The van der Waals surface area contributed by atoms with Gasteiger partial charge in [-0.1, -0.05) is 6.08 Å². The summed E-state index contributed by atoms with van der Waals surface area (Å²) in [7, 11) is 0. The van der Waals surface area contributed by atoms with E-state index in [9.17, 15) is 22.0 Å². The molecule has 1 aliphatic heterocycles. The Hall–Kier alpha value is -1.18. The van der Waals surface area contributed by atoms with Crippen LogP contribution in [0.1, 0.15) is 11.6 Å². The molecular weight excluding hydrogens is 315 g/mol. The summed E-state index contributed by atoms with van der Waals surface area (Å²) in [4.78, 5) is 1.61. The molecule has 118 valence electrons. The van der Waals surface area contributed by atoms with Crippen LogP contribution >= 0.6 is 12.4 Å². The van der Waals surface area contributed by atoms with Crippen LogP contribution in [0.25, 0.3) is 0 Å². The summed E-state index contributed by atoms with van der Waals surface area (Å²) in [6.07, 6.45) is 1.18. The van der Waals surface area contributed by atoms with E-state index in [0.717, 1.165) is 0 Å². The first-order chi connectivity index (χ1) is 9.49. The normalized spacial score (nSPS) is 17.2. The summed E-state index contributed by atoms with van der Waals surface area (Å²) in [6.45, 7) is 5.43. The topological polar surface area (TPSA) is 15.3 Å². The van der Waals surface area contributed by atoms with Gasteiger partial charge in [-0.15, -0.1) is 19.0 Å². The Morgan fingerprint density at radius 3 is 1.76 bits per heavy atom. The first-order valence-corrected chi connectivity index (χ1v) is 6.07. The number of hydrogen-bond acceptors (Lipinski definition) is 2. The Bertz CT molecular complexity index is 503. The lowest BCUT2D eigenvalue weighted by Gasteiger charge is -2.33. The van der Waals surface area contributed by atoms with E-state index in [-0.39, 0.29) is 12.4 Å². The van der Waals surface area contributed by atoms with E-state index >= 15 is 0 Å². The van der Waals surface area contributed by atoms with Crippen molar-refractivity contribution < 1.29 is 22.0 Å². The van der Waals surface area contributed by atoms with Crippen LogP contribution in [-0.2, 0) is 0 Å². The van der Waals surface area contributed by atoms with Crippen molar-refractivity contribution >= 4 is 12.4 Å². The fraction of sp³-hybridized carbons (Fsp3) is 0.385.